The quantitative estimate of drug-likeness (QED) is 0.423. The number of benzene rings is 3. The van der Waals surface area contributed by atoms with E-state index in [0.717, 1.165) is 5.69 Å². The monoisotopic (exact) mass is 531 g/mol. The van der Waals surface area contributed by atoms with Crippen LogP contribution in [0.2, 0.25) is 5.02 Å². The Labute approximate surface area is 213 Å². The molecule has 9 heteroatoms. The van der Waals surface area contributed by atoms with Gasteiger partial charge in [0.05, 0.1) is 20.4 Å². The molecular formula is C26H30ClN3O3S2. The second kappa shape index (κ2) is 9.58. The summed E-state index contributed by atoms with van der Waals surface area (Å²) in [6.07, 6.45) is 2.07. The Morgan fingerprint density at radius 2 is 1.77 bits per heavy atom. The Balaban J connectivity index is 1.97. The van der Waals surface area contributed by atoms with E-state index in [1.54, 1.807) is 43.4 Å². The van der Waals surface area contributed by atoms with Crippen LogP contribution in [0.15, 0.2) is 76.5 Å². The average Bonchev–Trinajstić information content (AvgIpc) is 2.87. The van der Waals surface area contributed by atoms with E-state index in [4.69, 9.17) is 16.4 Å². The molecule has 0 spiro atoms. The summed E-state index contributed by atoms with van der Waals surface area (Å²) in [5.74, 6) is 0.312. The number of sulfonamides is 1. The molecule has 6 nitrogen and oxygen atoms in total. The SMILES string of the molecule is CC(C)C[C@@H]1CN(c2ccccc2)c2cc(Cl)c(-c3cccc(S(C)(=N)=O)c3)cc2S(=O)(=O)N1C. The highest BCUT2D eigenvalue weighted by molar-refractivity contribution is 7.91. The summed E-state index contributed by atoms with van der Waals surface area (Å²) in [6.45, 7) is 4.67. The van der Waals surface area contributed by atoms with Gasteiger partial charge in [0, 0.05) is 42.0 Å². The van der Waals surface area contributed by atoms with Crippen LogP contribution in [0.25, 0.3) is 11.1 Å². The largest absolute Gasteiger partial charge is 0.339 e. The molecule has 1 heterocycles. The predicted octanol–water partition coefficient (Wildman–Crippen LogP) is 6.23. The van der Waals surface area contributed by atoms with Crippen LogP contribution in [0.4, 0.5) is 11.4 Å². The lowest BCUT2D eigenvalue weighted by atomic mass is 10.0. The number of rotatable bonds is 5. The third kappa shape index (κ3) is 5.11. The van der Waals surface area contributed by atoms with E-state index in [1.807, 2.05) is 35.2 Å². The second-order valence-electron chi connectivity index (χ2n) is 9.42. The zero-order chi connectivity index (χ0) is 25.5. The molecule has 0 amide bonds. The molecule has 186 valence electrons. The number of nitrogens with zero attached hydrogens (tertiary/aromatic N) is 2. The minimum atomic E-state index is -3.84. The highest BCUT2D eigenvalue weighted by atomic mass is 35.5. The zero-order valence-corrected chi connectivity index (χ0v) is 22.6. The van der Waals surface area contributed by atoms with Crippen LogP contribution >= 0.6 is 11.6 Å². The smallest absolute Gasteiger partial charge is 0.245 e. The van der Waals surface area contributed by atoms with Gasteiger partial charge >= 0.3 is 0 Å². The fourth-order valence-electron chi connectivity index (χ4n) is 4.48. The van der Waals surface area contributed by atoms with Crippen molar-refractivity contribution in [3.05, 3.63) is 71.8 Å². The Bertz CT molecular complexity index is 1460. The molecule has 4 rings (SSSR count). The molecule has 0 fully saturated rings. The number of anilines is 2. The number of halogens is 1. The molecule has 3 aromatic rings. The molecule has 0 aliphatic carbocycles. The lowest BCUT2D eigenvalue weighted by molar-refractivity contribution is 0.326. The van der Waals surface area contributed by atoms with Crippen LogP contribution in [0.5, 0.6) is 0 Å². The molecule has 0 saturated carbocycles. The molecule has 2 atom stereocenters. The standard InChI is InChI=1S/C26H30ClN3O3S2/c1-18(2)13-21-17-30(20-10-6-5-7-11-20)25-16-24(27)23(15-26(25)35(32,33)29(21)3)19-9-8-12-22(14-19)34(4,28)31/h5-12,14-16,18,21,28H,13,17H2,1-4H3/t21-,34?/m1/s1. The van der Waals surface area contributed by atoms with Gasteiger partial charge in [0.1, 0.15) is 4.90 Å². The maximum Gasteiger partial charge on any atom is 0.245 e. The molecule has 35 heavy (non-hydrogen) atoms. The topological polar surface area (TPSA) is 81.5 Å². The van der Waals surface area contributed by atoms with Gasteiger partial charge in [-0.3, -0.25) is 0 Å². The number of hydrogen-bond donors (Lipinski definition) is 1. The van der Waals surface area contributed by atoms with E-state index < -0.39 is 19.8 Å². The van der Waals surface area contributed by atoms with Crippen molar-refractivity contribution in [2.45, 2.75) is 36.1 Å². The van der Waals surface area contributed by atoms with Crippen LogP contribution in [0.1, 0.15) is 20.3 Å². The molecule has 0 bridgehead atoms. The number of likely N-dealkylation sites (N-methyl/N-ethyl adjacent to an activating group) is 1. The zero-order valence-electron chi connectivity index (χ0n) is 20.2. The van der Waals surface area contributed by atoms with E-state index in [0.29, 0.717) is 45.6 Å². The summed E-state index contributed by atoms with van der Waals surface area (Å²) < 4.78 is 49.5. The van der Waals surface area contributed by atoms with E-state index in [1.165, 1.54) is 10.6 Å². The number of para-hydroxylation sites is 1. The van der Waals surface area contributed by atoms with Crippen molar-refractivity contribution in [1.82, 2.24) is 4.31 Å². The lowest BCUT2D eigenvalue weighted by Crippen LogP contribution is -2.41. The van der Waals surface area contributed by atoms with Gasteiger partial charge in [-0.05, 0) is 54.3 Å². The Hall–Kier alpha value is -2.39. The van der Waals surface area contributed by atoms with Crippen molar-refractivity contribution < 1.29 is 12.6 Å². The molecule has 1 unspecified atom stereocenters. The molecule has 1 aliphatic rings. The van der Waals surface area contributed by atoms with Gasteiger partial charge < -0.3 is 4.90 Å². The first-order valence-electron chi connectivity index (χ1n) is 11.4. The molecule has 1 aliphatic heterocycles. The maximum absolute atomic E-state index is 13.9. The van der Waals surface area contributed by atoms with E-state index in [2.05, 4.69) is 13.8 Å². The lowest BCUT2D eigenvalue weighted by Gasteiger charge is -2.30. The minimum Gasteiger partial charge on any atom is -0.339 e. The van der Waals surface area contributed by atoms with Crippen LogP contribution in [0, 0.1) is 10.7 Å². The fourth-order valence-corrected chi connectivity index (χ4v) is 7.00. The Morgan fingerprint density at radius 1 is 1.09 bits per heavy atom. The first kappa shape index (κ1) is 25.7. The van der Waals surface area contributed by atoms with Crippen LogP contribution in [-0.2, 0) is 19.8 Å². The summed E-state index contributed by atoms with van der Waals surface area (Å²) in [4.78, 5) is 2.56. The number of fused-ring (bicyclic) bond motifs is 1. The molecule has 0 saturated heterocycles. The van der Waals surface area contributed by atoms with Gasteiger partial charge in [-0.2, -0.15) is 4.31 Å². The van der Waals surface area contributed by atoms with Gasteiger partial charge in [-0.1, -0.05) is 55.8 Å². The predicted molar refractivity (Wildman–Crippen MR) is 144 cm³/mol. The van der Waals surface area contributed by atoms with Crippen LogP contribution in [0.3, 0.4) is 0 Å². The van der Waals surface area contributed by atoms with E-state index in [9.17, 15) is 12.6 Å². The highest BCUT2D eigenvalue weighted by Crippen LogP contribution is 2.43. The summed E-state index contributed by atoms with van der Waals surface area (Å²) >= 11 is 6.77. The normalized spacial score (nSPS) is 19.7. The number of hydrogen-bond acceptors (Lipinski definition) is 5. The second-order valence-corrected chi connectivity index (χ2v) is 14.0. The van der Waals surface area contributed by atoms with Crippen LogP contribution in [-0.4, -0.2) is 42.8 Å². The maximum atomic E-state index is 13.9. The van der Waals surface area contributed by atoms with Gasteiger partial charge in [-0.15, -0.1) is 0 Å². The summed E-state index contributed by atoms with van der Waals surface area (Å²) in [7, 11) is -5.14. The van der Waals surface area contributed by atoms with Gasteiger partial charge in [0.25, 0.3) is 0 Å². The molecular weight excluding hydrogens is 502 g/mol. The van der Waals surface area contributed by atoms with Gasteiger partial charge in [0.15, 0.2) is 0 Å². The molecule has 3 aromatic carbocycles. The first-order valence-corrected chi connectivity index (χ1v) is 15.2. The molecule has 0 radical (unpaired) electrons. The van der Waals surface area contributed by atoms with Crippen LogP contribution < -0.4 is 4.90 Å². The fraction of sp³-hybridized carbons (Fsp3) is 0.308. The third-order valence-electron chi connectivity index (χ3n) is 6.31. The average molecular weight is 532 g/mol. The van der Waals surface area contributed by atoms with Gasteiger partial charge in [-0.25, -0.2) is 17.4 Å². The minimum absolute atomic E-state index is 0.169. The van der Waals surface area contributed by atoms with Gasteiger partial charge in [0.2, 0.25) is 10.0 Å². The summed E-state index contributed by atoms with van der Waals surface area (Å²) in [5.41, 5.74) is 2.55. The van der Waals surface area contributed by atoms with Crippen molar-refractivity contribution in [2.24, 2.45) is 5.92 Å². The van der Waals surface area contributed by atoms with Crippen molar-refractivity contribution in [3.8, 4) is 11.1 Å². The number of nitrogens with one attached hydrogen (secondary N) is 1. The first-order chi connectivity index (χ1) is 16.4. The van der Waals surface area contributed by atoms with Crippen molar-refractivity contribution >= 4 is 42.7 Å². The highest BCUT2D eigenvalue weighted by Gasteiger charge is 2.37. The summed E-state index contributed by atoms with van der Waals surface area (Å²) in [5, 5.41) is 0.384. The van der Waals surface area contributed by atoms with Crippen molar-refractivity contribution in [1.29, 1.82) is 4.78 Å². The van der Waals surface area contributed by atoms with E-state index >= 15 is 0 Å². The molecule has 0 aromatic heterocycles. The van der Waals surface area contributed by atoms with Crippen molar-refractivity contribution in [2.75, 3.05) is 24.7 Å². The summed E-state index contributed by atoms with van der Waals surface area (Å²) in [6, 6.07) is 19.6. The van der Waals surface area contributed by atoms with E-state index in [-0.39, 0.29) is 10.9 Å². The Morgan fingerprint density at radius 3 is 2.40 bits per heavy atom. The van der Waals surface area contributed by atoms with Crippen molar-refractivity contribution in [3.63, 3.8) is 0 Å². The Kier molecular flexibility index (Phi) is 7.03. The third-order valence-corrected chi connectivity index (χ3v) is 9.72. The molecule has 1 N–H and O–H groups in total.